The fraction of sp³-hybridized carbons (Fsp3) is 0.240. The number of carbonyl (C=O) groups is 2. The minimum absolute atomic E-state index is 0.0304. The molecule has 31 heavy (non-hydrogen) atoms. The van der Waals surface area contributed by atoms with Crippen LogP contribution in [0.1, 0.15) is 23.1 Å². The molecular formula is C25H25N3O2S. The third kappa shape index (κ3) is 5.73. The Labute approximate surface area is 186 Å². The molecule has 2 aromatic carbocycles. The summed E-state index contributed by atoms with van der Waals surface area (Å²) in [6, 6.07) is 19.9. The van der Waals surface area contributed by atoms with Crippen LogP contribution in [0.5, 0.6) is 0 Å². The van der Waals surface area contributed by atoms with Crippen LogP contribution in [0.4, 0.5) is 5.69 Å². The maximum absolute atomic E-state index is 12.7. The molecule has 0 radical (unpaired) electrons. The molecule has 158 valence electrons. The van der Waals surface area contributed by atoms with E-state index in [1.807, 2.05) is 67.7 Å². The Hall–Kier alpha value is -3.12. The van der Waals surface area contributed by atoms with E-state index in [1.165, 1.54) is 11.1 Å². The largest absolute Gasteiger partial charge is 0.338 e. The van der Waals surface area contributed by atoms with Crippen LogP contribution >= 0.6 is 11.8 Å². The molecule has 4 rings (SSSR count). The van der Waals surface area contributed by atoms with Crippen LogP contribution in [0, 0.1) is 12.8 Å². The van der Waals surface area contributed by atoms with E-state index in [0.717, 1.165) is 21.9 Å². The Bertz CT molecular complexity index is 1040. The summed E-state index contributed by atoms with van der Waals surface area (Å²) in [4.78, 5) is 32.1. The Morgan fingerprint density at radius 2 is 1.87 bits per heavy atom. The van der Waals surface area contributed by atoms with Crippen molar-refractivity contribution in [3.8, 4) is 0 Å². The van der Waals surface area contributed by atoms with Gasteiger partial charge in [-0.15, -0.1) is 11.8 Å². The van der Waals surface area contributed by atoms with E-state index in [9.17, 15) is 9.59 Å². The number of thioether (sulfide) groups is 1. The molecule has 0 saturated carbocycles. The highest BCUT2D eigenvalue weighted by molar-refractivity contribution is 7.98. The van der Waals surface area contributed by atoms with Gasteiger partial charge in [-0.1, -0.05) is 35.9 Å². The molecule has 1 atom stereocenters. The lowest BCUT2D eigenvalue weighted by Gasteiger charge is -2.17. The van der Waals surface area contributed by atoms with Crippen LogP contribution in [0.2, 0.25) is 0 Å². The van der Waals surface area contributed by atoms with Gasteiger partial charge in [0.25, 0.3) is 0 Å². The second kappa shape index (κ2) is 9.79. The third-order valence-corrected chi connectivity index (χ3v) is 6.41. The average Bonchev–Trinajstić information content (AvgIpc) is 3.16. The number of nitrogens with zero attached hydrogens (tertiary/aromatic N) is 2. The molecule has 1 aliphatic heterocycles. The fourth-order valence-corrected chi connectivity index (χ4v) is 4.38. The Kier molecular flexibility index (Phi) is 6.67. The quantitative estimate of drug-likeness (QED) is 0.552. The molecule has 1 saturated heterocycles. The van der Waals surface area contributed by atoms with Gasteiger partial charge in [0.2, 0.25) is 11.8 Å². The van der Waals surface area contributed by atoms with Gasteiger partial charge in [-0.2, -0.15) is 0 Å². The highest BCUT2D eigenvalue weighted by Gasteiger charge is 2.34. The van der Waals surface area contributed by atoms with Crippen molar-refractivity contribution in [2.45, 2.75) is 30.5 Å². The van der Waals surface area contributed by atoms with Crippen molar-refractivity contribution < 1.29 is 9.59 Å². The molecule has 6 heteroatoms. The van der Waals surface area contributed by atoms with Gasteiger partial charge in [0.05, 0.1) is 5.92 Å². The van der Waals surface area contributed by atoms with Gasteiger partial charge in [-0.3, -0.25) is 14.6 Å². The minimum Gasteiger partial charge on any atom is -0.338 e. The number of aromatic nitrogens is 1. The second-order valence-electron chi connectivity index (χ2n) is 7.82. The summed E-state index contributed by atoms with van der Waals surface area (Å²) in [5, 5.41) is 2.96. The van der Waals surface area contributed by atoms with E-state index in [0.29, 0.717) is 13.1 Å². The van der Waals surface area contributed by atoms with Gasteiger partial charge < -0.3 is 10.2 Å². The molecule has 1 aromatic heterocycles. The van der Waals surface area contributed by atoms with Gasteiger partial charge in [-0.25, -0.2) is 0 Å². The first-order valence-electron chi connectivity index (χ1n) is 10.3. The van der Waals surface area contributed by atoms with Crippen LogP contribution < -0.4 is 5.32 Å². The van der Waals surface area contributed by atoms with Gasteiger partial charge in [0, 0.05) is 48.2 Å². The minimum atomic E-state index is -0.322. The predicted octanol–water partition coefficient (Wildman–Crippen LogP) is 4.67. The molecule has 0 aliphatic carbocycles. The number of benzene rings is 2. The lowest BCUT2D eigenvalue weighted by Crippen LogP contribution is -2.28. The van der Waals surface area contributed by atoms with Gasteiger partial charge in [-0.05, 0) is 48.4 Å². The van der Waals surface area contributed by atoms with Crippen LogP contribution in [0.15, 0.2) is 78.0 Å². The highest BCUT2D eigenvalue weighted by atomic mass is 32.2. The zero-order valence-electron chi connectivity index (χ0n) is 17.5. The summed E-state index contributed by atoms with van der Waals surface area (Å²) in [6.07, 6.45) is 3.90. The number of hydrogen-bond donors (Lipinski definition) is 1. The Morgan fingerprint density at radius 3 is 2.58 bits per heavy atom. The molecule has 1 N–H and O–H groups in total. The SMILES string of the molecule is Cc1ccc(CN2CC(C(=O)Nc3ccc(SCc4cccnc4)cc3)CC2=O)cc1. The normalized spacial score (nSPS) is 15.8. The number of rotatable bonds is 7. The van der Waals surface area contributed by atoms with Crippen molar-refractivity contribution >= 4 is 29.3 Å². The number of nitrogens with one attached hydrogen (secondary N) is 1. The highest BCUT2D eigenvalue weighted by Crippen LogP contribution is 2.25. The van der Waals surface area contributed by atoms with Crippen molar-refractivity contribution in [1.82, 2.24) is 9.88 Å². The average molecular weight is 432 g/mol. The maximum Gasteiger partial charge on any atom is 0.229 e. The molecule has 1 fully saturated rings. The monoisotopic (exact) mass is 431 g/mol. The molecule has 3 aromatic rings. The molecule has 1 aliphatic rings. The molecule has 0 spiro atoms. The number of hydrogen-bond acceptors (Lipinski definition) is 4. The number of amides is 2. The van der Waals surface area contributed by atoms with Crippen LogP contribution in [0.25, 0.3) is 0 Å². The van der Waals surface area contributed by atoms with Crippen LogP contribution in [-0.4, -0.2) is 28.2 Å². The van der Waals surface area contributed by atoms with Crippen molar-refractivity contribution in [1.29, 1.82) is 0 Å². The molecule has 2 amide bonds. The summed E-state index contributed by atoms with van der Waals surface area (Å²) in [6.45, 7) is 3.04. The summed E-state index contributed by atoms with van der Waals surface area (Å²) in [5.41, 5.74) is 4.20. The van der Waals surface area contributed by atoms with E-state index >= 15 is 0 Å². The first kappa shape index (κ1) is 21.1. The number of likely N-dealkylation sites (tertiary alicyclic amines) is 1. The smallest absolute Gasteiger partial charge is 0.229 e. The molecule has 2 heterocycles. The van der Waals surface area contributed by atoms with Crippen LogP contribution in [0.3, 0.4) is 0 Å². The Morgan fingerprint density at radius 1 is 1.10 bits per heavy atom. The summed E-state index contributed by atoms with van der Waals surface area (Å²) >= 11 is 1.72. The molecular weight excluding hydrogens is 406 g/mol. The molecule has 5 nitrogen and oxygen atoms in total. The summed E-state index contributed by atoms with van der Waals surface area (Å²) < 4.78 is 0. The van der Waals surface area contributed by atoms with E-state index in [1.54, 1.807) is 22.9 Å². The molecule has 1 unspecified atom stereocenters. The number of anilines is 1. The van der Waals surface area contributed by atoms with Gasteiger partial charge in [0.1, 0.15) is 0 Å². The van der Waals surface area contributed by atoms with Crippen LogP contribution in [-0.2, 0) is 21.9 Å². The topological polar surface area (TPSA) is 62.3 Å². The van der Waals surface area contributed by atoms with E-state index in [-0.39, 0.29) is 24.2 Å². The number of carbonyl (C=O) groups excluding carboxylic acids is 2. The predicted molar refractivity (Wildman–Crippen MR) is 124 cm³/mol. The van der Waals surface area contributed by atoms with Gasteiger partial charge >= 0.3 is 0 Å². The van der Waals surface area contributed by atoms with Crippen molar-refractivity contribution in [2.75, 3.05) is 11.9 Å². The number of pyridine rings is 1. The maximum atomic E-state index is 12.7. The number of aryl methyl sites for hydroxylation is 1. The first-order valence-corrected chi connectivity index (χ1v) is 11.3. The van der Waals surface area contributed by atoms with E-state index in [4.69, 9.17) is 0 Å². The lowest BCUT2D eigenvalue weighted by molar-refractivity contribution is -0.128. The fourth-order valence-electron chi connectivity index (χ4n) is 3.54. The zero-order valence-corrected chi connectivity index (χ0v) is 18.3. The van der Waals surface area contributed by atoms with Crippen molar-refractivity contribution in [3.63, 3.8) is 0 Å². The summed E-state index contributed by atoms with van der Waals surface area (Å²) in [7, 11) is 0. The van der Waals surface area contributed by atoms with Gasteiger partial charge in [0.15, 0.2) is 0 Å². The van der Waals surface area contributed by atoms with E-state index < -0.39 is 0 Å². The Balaban J connectivity index is 1.28. The zero-order chi connectivity index (χ0) is 21.6. The standard InChI is InChI=1S/C25H25N3O2S/c1-18-4-6-19(7-5-18)15-28-16-21(13-24(28)29)25(30)27-22-8-10-23(11-9-22)31-17-20-3-2-12-26-14-20/h2-12,14,21H,13,15-17H2,1H3,(H,27,30). The first-order chi connectivity index (χ1) is 15.1. The van der Waals surface area contributed by atoms with Crippen molar-refractivity contribution in [3.05, 3.63) is 89.7 Å². The summed E-state index contributed by atoms with van der Waals surface area (Å²) in [5.74, 6) is 0.455. The second-order valence-corrected chi connectivity index (χ2v) is 8.87. The van der Waals surface area contributed by atoms with Crippen molar-refractivity contribution in [2.24, 2.45) is 5.92 Å². The third-order valence-electron chi connectivity index (χ3n) is 5.33. The molecule has 0 bridgehead atoms. The van der Waals surface area contributed by atoms with E-state index in [2.05, 4.69) is 16.4 Å². The lowest BCUT2D eigenvalue weighted by atomic mass is 10.1.